The lowest BCUT2D eigenvalue weighted by Gasteiger charge is -2.12. The molecule has 1 aliphatic carbocycles. The van der Waals surface area contributed by atoms with E-state index in [1.807, 2.05) is 12.1 Å². The average Bonchev–Trinajstić information content (AvgIpc) is 2.56. The Morgan fingerprint density at radius 3 is 2.71 bits per heavy atom. The van der Waals surface area contributed by atoms with E-state index in [1.165, 1.54) is 14.5 Å². The molecule has 1 heterocycles. The summed E-state index contributed by atoms with van der Waals surface area (Å²) < 4.78 is 7.14. The normalized spacial score (nSPS) is 17.1. The van der Waals surface area contributed by atoms with Crippen molar-refractivity contribution in [1.29, 1.82) is 0 Å². The molecule has 2 aromatic rings. The van der Waals surface area contributed by atoms with E-state index < -0.39 is 0 Å². The summed E-state index contributed by atoms with van der Waals surface area (Å²) in [6, 6.07) is 6.18. The van der Waals surface area contributed by atoms with Crippen molar-refractivity contribution < 1.29 is 4.42 Å². The molecule has 2 heteroatoms. The van der Waals surface area contributed by atoms with Crippen molar-refractivity contribution in [1.82, 2.24) is 0 Å². The van der Waals surface area contributed by atoms with Gasteiger partial charge in [0.05, 0.1) is 0 Å². The van der Waals surface area contributed by atoms with Crippen LogP contribution in [-0.2, 0) is 0 Å². The summed E-state index contributed by atoms with van der Waals surface area (Å²) in [7, 11) is 0. The predicted molar refractivity (Wildman–Crippen MR) is 80.8 cm³/mol. The lowest BCUT2D eigenvalue weighted by Crippen LogP contribution is -2.00. The maximum Gasteiger partial charge on any atom is 0.136 e. The SMILES string of the molecule is CC1(C)C=Cc2oc3cccc(I)c3c2C=C1. The summed E-state index contributed by atoms with van der Waals surface area (Å²) in [4.78, 5) is 0. The fourth-order valence-electron chi connectivity index (χ4n) is 2.08. The first-order valence-corrected chi connectivity index (χ1v) is 6.74. The molecule has 0 radical (unpaired) electrons. The molecule has 17 heavy (non-hydrogen) atoms. The third-order valence-electron chi connectivity index (χ3n) is 3.07. The number of halogens is 1. The first-order chi connectivity index (χ1) is 8.07. The lowest BCUT2D eigenvalue weighted by molar-refractivity contribution is 0.599. The number of furan rings is 1. The highest BCUT2D eigenvalue weighted by atomic mass is 127. The molecule has 1 aromatic carbocycles. The van der Waals surface area contributed by atoms with Crippen LogP contribution in [0, 0.1) is 8.99 Å². The average molecular weight is 336 g/mol. The van der Waals surface area contributed by atoms with Gasteiger partial charge < -0.3 is 4.42 Å². The third kappa shape index (κ3) is 1.84. The number of rotatable bonds is 0. The monoisotopic (exact) mass is 336 g/mol. The van der Waals surface area contributed by atoms with Gasteiger partial charge >= 0.3 is 0 Å². The number of benzene rings is 1. The van der Waals surface area contributed by atoms with Crippen molar-refractivity contribution in [2.24, 2.45) is 5.41 Å². The molecule has 0 saturated heterocycles. The Balaban J connectivity index is 2.34. The van der Waals surface area contributed by atoms with Gasteiger partial charge in [-0.1, -0.05) is 38.1 Å². The second kappa shape index (κ2) is 3.73. The molecule has 0 amide bonds. The zero-order valence-electron chi connectivity index (χ0n) is 9.83. The zero-order valence-corrected chi connectivity index (χ0v) is 12.0. The van der Waals surface area contributed by atoms with Crippen LogP contribution in [0.25, 0.3) is 23.1 Å². The van der Waals surface area contributed by atoms with E-state index in [1.54, 1.807) is 0 Å². The van der Waals surface area contributed by atoms with Crippen LogP contribution in [0.3, 0.4) is 0 Å². The first kappa shape index (κ1) is 11.1. The largest absolute Gasteiger partial charge is 0.456 e. The van der Waals surface area contributed by atoms with Gasteiger partial charge in [-0.2, -0.15) is 0 Å². The Morgan fingerprint density at radius 2 is 1.88 bits per heavy atom. The van der Waals surface area contributed by atoms with Gasteiger partial charge in [-0.3, -0.25) is 0 Å². The molecule has 86 valence electrons. The zero-order chi connectivity index (χ0) is 12.0. The van der Waals surface area contributed by atoms with Crippen LogP contribution in [0.2, 0.25) is 0 Å². The van der Waals surface area contributed by atoms with Crippen molar-refractivity contribution in [3.63, 3.8) is 0 Å². The van der Waals surface area contributed by atoms with Crippen LogP contribution in [0.1, 0.15) is 25.2 Å². The van der Waals surface area contributed by atoms with Gasteiger partial charge in [0.2, 0.25) is 0 Å². The summed E-state index contributed by atoms with van der Waals surface area (Å²) in [6.45, 7) is 4.39. The summed E-state index contributed by atoms with van der Waals surface area (Å²) in [5.41, 5.74) is 2.26. The van der Waals surface area contributed by atoms with Crippen LogP contribution in [0.4, 0.5) is 0 Å². The van der Waals surface area contributed by atoms with Crippen molar-refractivity contribution >= 4 is 45.7 Å². The molecule has 0 spiro atoms. The van der Waals surface area contributed by atoms with Crippen molar-refractivity contribution in [2.75, 3.05) is 0 Å². The molecule has 0 N–H and O–H groups in total. The van der Waals surface area contributed by atoms with Gasteiger partial charge in [0.1, 0.15) is 11.3 Å². The number of allylic oxidation sites excluding steroid dienone is 2. The molecule has 1 aromatic heterocycles. The molecular formula is C15H13IO. The Bertz CT molecular complexity index is 644. The van der Waals surface area contributed by atoms with Crippen LogP contribution in [0.5, 0.6) is 0 Å². The first-order valence-electron chi connectivity index (χ1n) is 5.66. The van der Waals surface area contributed by atoms with Crippen molar-refractivity contribution in [2.45, 2.75) is 13.8 Å². The third-order valence-corrected chi connectivity index (χ3v) is 3.97. The minimum absolute atomic E-state index is 0.0913. The quantitative estimate of drug-likeness (QED) is 0.610. The molecular weight excluding hydrogens is 323 g/mol. The summed E-state index contributed by atoms with van der Waals surface area (Å²) in [5.74, 6) is 0.964. The van der Waals surface area contributed by atoms with Crippen LogP contribution in [-0.4, -0.2) is 0 Å². The molecule has 0 atom stereocenters. The van der Waals surface area contributed by atoms with E-state index in [9.17, 15) is 0 Å². The molecule has 1 nitrogen and oxygen atoms in total. The van der Waals surface area contributed by atoms with E-state index in [0.29, 0.717) is 0 Å². The Kier molecular flexibility index (Phi) is 2.43. The molecule has 0 unspecified atom stereocenters. The molecule has 1 aliphatic rings. The smallest absolute Gasteiger partial charge is 0.136 e. The fourth-order valence-corrected chi connectivity index (χ4v) is 2.84. The number of fused-ring (bicyclic) bond motifs is 3. The standard InChI is InChI=1S/C15H13IO/c1-15(2)8-6-10-12(7-9-15)17-13-5-3-4-11(16)14(10)13/h3-9H,1-2H3. The van der Waals surface area contributed by atoms with Crippen LogP contribution in [0.15, 0.2) is 34.8 Å². The molecule has 0 fully saturated rings. The highest BCUT2D eigenvalue weighted by Crippen LogP contribution is 2.35. The molecule has 0 saturated carbocycles. The molecule has 0 bridgehead atoms. The van der Waals surface area contributed by atoms with Crippen molar-refractivity contribution in [3.8, 4) is 0 Å². The van der Waals surface area contributed by atoms with Gasteiger partial charge in [-0.05, 0) is 40.8 Å². The second-order valence-electron chi connectivity index (χ2n) is 4.98. The number of hydrogen-bond donors (Lipinski definition) is 0. The maximum atomic E-state index is 5.90. The minimum Gasteiger partial charge on any atom is -0.456 e. The summed E-state index contributed by atoms with van der Waals surface area (Å²) in [5, 5.41) is 1.22. The molecule has 0 aliphatic heterocycles. The Labute approximate surface area is 114 Å². The molecule has 3 rings (SSSR count). The van der Waals surface area contributed by atoms with Gasteiger partial charge in [0, 0.05) is 19.9 Å². The van der Waals surface area contributed by atoms with E-state index in [2.05, 4.69) is 66.8 Å². The Morgan fingerprint density at radius 1 is 1.12 bits per heavy atom. The highest BCUT2D eigenvalue weighted by molar-refractivity contribution is 14.1. The van der Waals surface area contributed by atoms with E-state index in [4.69, 9.17) is 4.42 Å². The Hall–Kier alpha value is -1.03. The topological polar surface area (TPSA) is 13.1 Å². The van der Waals surface area contributed by atoms with Gasteiger partial charge in [0.25, 0.3) is 0 Å². The van der Waals surface area contributed by atoms with Gasteiger partial charge in [0.15, 0.2) is 0 Å². The van der Waals surface area contributed by atoms with E-state index in [-0.39, 0.29) is 5.41 Å². The summed E-state index contributed by atoms with van der Waals surface area (Å²) >= 11 is 2.36. The van der Waals surface area contributed by atoms with Crippen LogP contribution >= 0.6 is 22.6 Å². The predicted octanol–water partition coefficient (Wildman–Crippen LogP) is 5.10. The summed E-state index contributed by atoms with van der Waals surface area (Å²) in [6.07, 6.45) is 8.69. The maximum absolute atomic E-state index is 5.90. The fraction of sp³-hybridized carbons (Fsp3) is 0.200. The lowest BCUT2D eigenvalue weighted by atomic mass is 9.93. The second-order valence-corrected chi connectivity index (χ2v) is 6.14. The van der Waals surface area contributed by atoms with Gasteiger partial charge in [-0.15, -0.1) is 0 Å². The van der Waals surface area contributed by atoms with Crippen LogP contribution < -0.4 is 0 Å². The van der Waals surface area contributed by atoms with E-state index >= 15 is 0 Å². The highest BCUT2D eigenvalue weighted by Gasteiger charge is 2.18. The van der Waals surface area contributed by atoms with Gasteiger partial charge in [-0.25, -0.2) is 0 Å². The number of hydrogen-bond acceptors (Lipinski definition) is 1. The van der Waals surface area contributed by atoms with E-state index in [0.717, 1.165) is 11.3 Å². The van der Waals surface area contributed by atoms with Crippen molar-refractivity contribution in [3.05, 3.63) is 45.2 Å². The minimum atomic E-state index is 0.0913.